The molecule has 0 radical (unpaired) electrons. The lowest BCUT2D eigenvalue weighted by molar-refractivity contribution is 0.263. The molecule has 4 nitrogen and oxygen atoms in total. The Hall–Kier alpha value is -2.64. The van der Waals surface area contributed by atoms with Crippen molar-refractivity contribution in [2.45, 2.75) is 6.42 Å². The van der Waals surface area contributed by atoms with Crippen LogP contribution in [-0.4, -0.2) is 49.2 Å². The number of rotatable bonds is 3. The first-order valence-corrected chi connectivity index (χ1v) is 8.90. The van der Waals surface area contributed by atoms with Crippen molar-refractivity contribution in [1.29, 1.82) is 0 Å². The van der Waals surface area contributed by atoms with Gasteiger partial charge in [-0.2, -0.15) is 0 Å². The van der Waals surface area contributed by atoms with Gasteiger partial charge in [0.05, 0.1) is 11.9 Å². The summed E-state index contributed by atoms with van der Waals surface area (Å²) < 4.78 is 0. The Bertz CT molecular complexity index is 900. The molecule has 1 aromatic heterocycles. The van der Waals surface area contributed by atoms with Crippen LogP contribution < -0.4 is 15.5 Å². The first kappa shape index (κ1) is 15.9. The molecule has 1 aromatic carbocycles. The number of pyridine rings is 1. The quantitative estimate of drug-likeness (QED) is 0.790. The molecule has 0 aliphatic carbocycles. The first-order valence-electron chi connectivity index (χ1n) is 8.90. The zero-order valence-electron chi connectivity index (χ0n) is 14.4. The van der Waals surface area contributed by atoms with E-state index in [1.165, 1.54) is 5.22 Å². The molecule has 0 bridgehead atoms. The Morgan fingerprint density at radius 2 is 1.80 bits per heavy atom. The normalized spacial score (nSPS) is 16.8. The molecule has 1 saturated heterocycles. The van der Waals surface area contributed by atoms with Crippen LogP contribution in [0.15, 0.2) is 53.7 Å². The average molecular weight is 330 g/mol. The lowest BCUT2D eigenvalue weighted by Gasteiger charge is -2.35. The number of hydrogen-bond donors (Lipinski definition) is 0. The van der Waals surface area contributed by atoms with Crippen LogP contribution >= 0.6 is 0 Å². The minimum atomic E-state index is 0.731. The number of nitrogens with zero attached hydrogens (tertiary/aromatic N) is 4. The third-order valence-corrected chi connectivity index (χ3v) is 4.77. The molecule has 0 N–H and O–H groups in total. The molecule has 0 amide bonds. The second-order valence-electron chi connectivity index (χ2n) is 6.38. The molecule has 2 aliphatic rings. The predicted molar refractivity (Wildman–Crippen MR) is 101 cm³/mol. The van der Waals surface area contributed by atoms with Gasteiger partial charge in [-0.3, -0.25) is 9.89 Å². The predicted octanol–water partition coefficient (Wildman–Crippen LogP) is 1.08. The molecular formula is C21H22N4. The smallest absolute Gasteiger partial charge is 0.128 e. The maximum atomic E-state index is 4.53. The van der Waals surface area contributed by atoms with Gasteiger partial charge < -0.3 is 4.90 Å². The monoisotopic (exact) mass is 330 g/mol. The van der Waals surface area contributed by atoms with E-state index in [0.717, 1.165) is 62.4 Å². The Kier molecular flexibility index (Phi) is 4.76. The molecule has 126 valence electrons. The third kappa shape index (κ3) is 3.72. The first-order chi connectivity index (χ1) is 12.4. The summed E-state index contributed by atoms with van der Waals surface area (Å²) in [6, 6.07) is 14.4. The lowest BCUT2D eigenvalue weighted by atomic mass is 10.2. The number of hydrogen-bond acceptors (Lipinski definition) is 4. The van der Waals surface area contributed by atoms with E-state index < -0.39 is 0 Å². The van der Waals surface area contributed by atoms with Crippen LogP contribution in [0.4, 0.5) is 5.82 Å². The van der Waals surface area contributed by atoms with Gasteiger partial charge in [0.2, 0.25) is 0 Å². The molecule has 3 heterocycles. The van der Waals surface area contributed by atoms with Crippen molar-refractivity contribution in [1.82, 2.24) is 9.88 Å². The summed E-state index contributed by atoms with van der Waals surface area (Å²) in [5, 5.41) is 2.29. The molecule has 0 unspecified atom stereocenters. The molecule has 0 spiro atoms. The molecule has 25 heavy (non-hydrogen) atoms. The average Bonchev–Trinajstić information content (AvgIpc) is 3.10. The molecule has 2 aliphatic heterocycles. The fourth-order valence-corrected chi connectivity index (χ4v) is 3.35. The van der Waals surface area contributed by atoms with Crippen LogP contribution in [0.3, 0.4) is 0 Å². The molecular weight excluding hydrogens is 308 g/mol. The minimum absolute atomic E-state index is 0.731. The summed E-state index contributed by atoms with van der Waals surface area (Å²) in [7, 11) is 0. The zero-order chi connectivity index (χ0) is 16.9. The van der Waals surface area contributed by atoms with E-state index in [0.29, 0.717) is 0 Å². The largest absolute Gasteiger partial charge is 0.354 e. The molecule has 0 saturated carbocycles. The third-order valence-electron chi connectivity index (χ3n) is 4.77. The van der Waals surface area contributed by atoms with Crippen LogP contribution in [0.1, 0.15) is 6.42 Å². The second kappa shape index (κ2) is 7.50. The van der Waals surface area contributed by atoms with E-state index in [2.05, 4.69) is 61.9 Å². The van der Waals surface area contributed by atoms with Crippen LogP contribution in [0.5, 0.6) is 0 Å². The summed E-state index contributed by atoms with van der Waals surface area (Å²) in [5.74, 6) is 7.77. The maximum Gasteiger partial charge on any atom is 0.128 e. The second-order valence-corrected chi connectivity index (χ2v) is 6.38. The van der Waals surface area contributed by atoms with Gasteiger partial charge in [0.15, 0.2) is 0 Å². The van der Waals surface area contributed by atoms with Gasteiger partial charge in [0, 0.05) is 56.1 Å². The topological polar surface area (TPSA) is 31.7 Å². The van der Waals surface area contributed by atoms with Gasteiger partial charge in [0.25, 0.3) is 0 Å². The van der Waals surface area contributed by atoms with Crippen molar-refractivity contribution in [3.63, 3.8) is 0 Å². The van der Waals surface area contributed by atoms with Crippen LogP contribution in [0, 0.1) is 11.8 Å². The Labute approximate surface area is 148 Å². The fourth-order valence-electron chi connectivity index (χ4n) is 3.35. The summed E-state index contributed by atoms with van der Waals surface area (Å²) in [4.78, 5) is 13.8. The van der Waals surface area contributed by atoms with Gasteiger partial charge in [-0.05, 0) is 18.2 Å². The van der Waals surface area contributed by atoms with E-state index in [-0.39, 0.29) is 0 Å². The van der Waals surface area contributed by atoms with Crippen molar-refractivity contribution < 1.29 is 0 Å². The van der Waals surface area contributed by atoms with Gasteiger partial charge in [-0.15, -0.1) is 0 Å². The van der Waals surface area contributed by atoms with Crippen molar-refractivity contribution in [3.05, 3.63) is 59.2 Å². The van der Waals surface area contributed by atoms with Crippen molar-refractivity contribution in [2.24, 2.45) is 4.99 Å². The van der Waals surface area contributed by atoms with E-state index >= 15 is 0 Å². The highest BCUT2D eigenvalue weighted by Crippen LogP contribution is 2.12. The summed E-state index contributed by atoms with van der Waals surface area (Å²) in [5.41, 5.74) is 1.16. The Balaban J connectivity index is 1.28. The van der Waals surface area contributed by atoms with Crippen LogP contribution in [-0.2, 0) is 0 Å². The molecule has 1 fully saturated rings. The number of para-hydroxylation sites is 1. The van der Waals surface area contributed by atoms with Crippen LogP contribution in [0.25, 0.3) is 5.57 Å². The highest BCUT2D eigenvalue weighted by atomic mass is 15.3. The fraction of sp³-hybridized carbons (Fsp3) is 0.333. The van der Waals surface area contributed by atoms with Crippen LogP contribution in [0.2, 0.25) is 0 Å². The SMILES string of the molecule is C(#CC1=c2ccccc2=NC1)CCN1CCN(c2ccccn2)CC1. The summed E-state index contributed by atoms with van der Waals surface area (Å²) in [6.45, 7) is 5.99. The highest BCUT2D eigenvalue weighted by Gasteiger charge is 2.16. The lowest BCUT2D eigenvalue weighted by Crippen LogP contribution is -2.46. The number of piperazine rings is 1. The van der Waals surface area contributed by atoms with E-state index in [9.17, 15) is 0 Å². The van der Waals surface area contributed by atoms with E-state index in [4.69, 9.17) is 0 Å². The van der Waals surface area contributed by atoms with Gasteiger partial charge in [-0.1, -0.05) is 36.1 Å². The summed E-state index contributed by atoms with van der Waals surface area (Å²) >= 11 is 0. The Morgan fingerprint density at radius 1 is 0.960 bits per heavy atom. The number of fused-ring (bicyclic) bond motifs is 1. The number of benzene rings is 1. The Morgan fingerprint density at radius 3 is 2.64 bits per heavy atom. The number of aromatic nitrogens is 1. The molecule has 4 heteroatoms. The van der Waals surface area contributed by atoms with Crippen molar-refractivity contribution >= 4 is 11.4 Å². The molecule has 2 aromatic rings. The van der Waals surface area contributed by atoms with Crippen molar-refractivity contribution in [2.75, 3.05) is 44.2 Å². The summed E-state index contributed by atoms with van der Waals surface area (Å²) in [6.07, 6.45) is 2.78. The zero-order valence-corrected chi connectivity index (χ0v) is 14.4. The standard InChI is InChI=1S/C21H22N4/c1-2-9-20-19(8-1)18(17-23-20)7-4-6-12-24-13-15-25(16-14-24)21-10-3-5-11-22-21/h1-3,5,8-11H,6,12-17H2. The maximum absolute atomic E-state index is 4.53. The van der Waals surface area contributed by atoms with E-state index in [1.807, 2.05) is 18.3 Å². The van der Waals surface area contributed by atoms with Gasteiger partial charge in [0.1, 0.15) is 5.82 Å². The molecule has 0 atom stereocenters. The van der Waals surface area contributed by atoms with Gasteiger partial charge >= 0.3 is 0 Å². The highest BCUT2D eigenvalue weighted by molar-refractivity contribution is 5.66. The minimum Gasteiger partial charge on any atom is -0.354 e. The van der Waals surface area contributed by atoms with Crippen molar-refractivity contribution in [3.8, 4) is 11.8 Å². The molecule has 4 rings (SSSR count). The number of anilines is 1. The van der Waals surface area contributed by atoms with Gasteiger partial charge in [-0.25, -0.2) is 4.98 Å². The van der Waals surface area contributed by atoms with E-state index in [1.54, 1.807) is 0 Å².